The number of hydrogen-bond donors (Lipinski definition) is 1. The van der Waals surface area contributed by atoms with Gasteiger partial charge < -0.3 is 9.88 Å². The molecule has 2 aromatic heterocycles. The van der Waals surface area contributed by atoms with E-state index in [1.54, 1.807) is 29.7 Å². The van der Waals surface area contributed by atoms with Crippen LogP contribution in [0.4, 0.5) is 10.2 Å². The maximum atomic E-state index is 13.2. The van der Waals surface area contributed by atoms with Crippen molar-refractivity contribution in [3.8, 4) is 12.1 Å². The Balaban J connectivity index is 1.89. The summed E-state index contributed by atoms with van der Waals surface area (Å²) >= 11 is 0. The van der Waals surface area contributed by atoms with E-state index in [0.717, 1.165) is 16.8 Å². The van der Waals surface area contributed by atoms with E-state index < -0.39 is 5.91 Å². The number of carbonyl (C=O) groups is 1. The van der Waals surface area contributed by atoms with Crippen molar-refractivity contribution in [1.29, 1.82) is 10.5 Å². The zero-order chi connectivity index (χ0) is 20.3. The fraction of sp³-hybridized carbons (Fsp3) is 0.211. The van der Waals surface area contributed by atoms with Crippen molar-refractivity contribution in [1.82, 2.24) is 19.3 Å². The lowest BCUT2D eigenvalue weighted by molar-refractivity contribution is -0.117. The number of hydrogen-bond acceptors (Lipinski definition) is 5. The minimum absolute atomic E-state index is 0.0307. The second-order valence-electron chi connectivity index (χ2n) is 6.18. The molecule has 140 valence electrons. The molecule has 0 spiro atoms. The van der Waals surface area contributed by atoms with Crippen molar-refractivity contribution in [2.45, 2.75) is 26.9 Å². The zero-order valence-electron chi connectivity index (χ0n) is 15.3. The van der Waals surface area contributed by atoms with Crippen LogP contribution >= 0.6 is 0 Å². The Hall–Kier alpha value is -3.98. The number of halogens is 1. The Kier molecular flexibility index (Phi) is 5.18. The maximum Gasteiger partial charge on any atom is 0.252 e. The first-order chi connectivity index (χ1) is 13.4. The lowest BCUT2D eigenvalue weighted by atomic mass is 10.2. The molecule has 1 aromatic carbocycles. The minimum Gasteiger partial charge on any atom is -0.326 e. The summed E-state index contributed by atoms with van der Waals surface area (Å²) in [6.45, 7) is 3.87. The number of benzene rings is 1. The number of amides is 1. The molecular formula is C19H16FN7O. The molecule has 1 amide bonds. The molecule has 0 saturated heterocycles. The van der Waals surface area contributed by atoms with Gasteiger partial charge in [0.25, 0.3) is 5.82 Å². The summed E-state index contributed by atoms with van der Waals surface area (Å²) in [6, 6.07) is 9.95. The van der Waals surface area contributed by atoms with E-state index >= 15 is 0 Å². The van der Waals surface area contributed by atoms with E-state index in [-0.39, 0.29) is 18.2 Å². The van der Waals surface area contributed by atoms with E-state index in [9.17, 15) is 14.4 Å². The summed E-state index contributed by atoms with van der Waals surface area (Å²) in [5.41, 5.74) is 2.77. The molecule has 0 unspecified atom stereocenters. The van der Waals surface area contributed by atoms with Crippen LogP contribution in [0.1, 0.15) is 28.2 Å². The number of nitriles is 2. The second-order valence-corrected chi connectivity index (χ2v) is 6.18. The van der Waals surface area contributed by atoms with E-state index in [1.807, 2.05) is 6.92 Å². The molecule has 1 N–H and O–H groups in total. The fourth-order valence-corrected chi connectivity index (χ4v) is 2.84. The third-order valence-electron chi connectivity index (χ3n) is 4.39. The number of rotatable bonds is 5. The molecule has 0 bridgehead atoms. The van der Waals surface area contributed by atoms with E-state index in [1.165, 1.54) is 23.1 Å². The van der Waals surface area contributed by atoms with Crippen molar-refractivity contribution in [2.75, 3.05) is 5.32 Å². The molecule has 9 heteroatoms. The van der Waals surface area contributed by atoms with Crippen LogP contribution in [0.15, 0.2) is 30.6 Å². The van der Waals surface area contributed by atoms with Crippen LogP contribution in [-0.4, -0.2) is 25.2 Å². The molecule has 3 rings (SSSR count). The smallest absolute Gasteiger partial charge is 0.252 e. The zero-order valence-corrected chi connectivity index (χ0v) is 15.3. The van der Waals surface area contributed by atoms with Crippen molar-refractivity contribution >= 4 is 11.7 Å². The van der Waals surface area contributed by atoms with Gasteiger partial charge in [-0.25, -0.2) is 14.1 Å². The Morgan fingerprint density at radius 1 is 1.21 bits per heavy atom. The highest BCUT2D eigenvalue weighted by molar-refractivity contribution is 5.91. The third-order valence-corrected chi connectivity index (χ3v) is 4.39. The Morgan fingerprint density at radius 2 is 1.93 bits per heavy atom. The van der Waals surface area contributed by atoms with E-state index in [0.29, 0.717) is 17.9 Å². The normalized spacial score (nSPS) is 10.3. The molecule has 0 radical (unpaired) electrons. The van der Waals surface area contributed by atoms with Gasteiger partial charge in [0.2, 0.25) is 5.91 Å². The standard InChI is InChI=1S/C19H16FN7O/c1-12-13(2)27(9-14-3-5-15(20)6-4-14)19(16(12)7-21)24-18(28)10-26-11-23-17(8-22)25-26/h3-6,11H,9-10H2,1-2H3,(H,24,28). The SMILES string of the molecule is Cc1c(C#N)c(NC(=O)Cn2cnc(C#N)n2)n(Cc2ccc(F)cc2)c1C. The number of aromatic nitrogens is 4. The topological polar surface area (TPSA) is 112 Å². The predicted octanol–water partition coefficient (Wildman–Crippen LogP) is 2.27. The first-order valence-electron chi connectivity index (χ1n) is 8.36. The fourth-order valence-electron chi connectivity index (χ4n) is 2.84. The minimum atomic E-state index is -0.413. The monoisotopic (exact) mass is 377 g/mol. The van der Waals surface area contributed by atoms with Crippen molar-refractivity contribution in [3.63, 3.8) is 0 Å². The Labute approximate surface area is 160 Å². The van der Waals surface area contributed by atoms with Crippen LogP contribution in [0.25, 0.3) is 0 Å². The predicted molar refractivity (Wildman–Crippen MR) is 97.5 cm³/mol. The number of anilines is 1. The molecule has 0 saturated carbocycles. The molecule has 0 aliphatic carbocycles. The molecule has 3 aromatic rings. The molecule has 28 heavy (non-hydrogen) atoms. The van der Waals surface area contributed by atoms with Gasteiger partial charge in [-0.2, -0.15) is 10.5 Å². The number of nitrogens with zero attached hydrogens (tertiary/aromatic N) is 6. The van der Waals surface area contributed by atoms with Gasteiger partial charge in [-0.05, 0) is 37.1 Å². The summed E-state index contributed by atoms with van der Waals surface area (Å²) in [4.78, 5) is 16.2. The van der Waals surface area contributed by atoms with Gasteiger partial charge in [-0.3, -0.25) is 4.79 Å². The molecule has 0 aliphatic heterocycles. The highest BCUT2D eigenvalue weighted by Gasteiger charge is 2.20. The lowest BCUT2D eigenvalue weighted by Gasteiger charge is -2.13. The number of carbonyl (C=O) groups excluding carboxylic acids is 1. The highest BCUT2D eigenvalue weighted by atomic mass is 19.1. The highest BCUT2D eigenvalue weighted by Crippen LogP contribution is 2.27. The first kappa shape index (κ1) is 18.8. The third kappa shape index (κ3) is 3.74. The average molecular weight is 377 g/mol. The molecule has 0 fully saturated rings. The molecule has 8 nitrogen and oxygen atoms in total. The Bertz CT molecular complexity index is 1110. The maximum absolute atomic E-state index is 13.2. The van der Waals surface area contributed by atoms with Gasteiger partial charge in [0.15, 0.2) is 0 Å². The van der Waals surface area contributed by atoms with Crippen LogP contribution in [0, 0.1) is 42.3 Å². The van der Waals surface area contributed by atoms with Crippen LogP contribution in [0.3, 0.4) is 0 Å². The van der Waals surface area contributed by atoms with Crippen LogP contribution in [0.5, 0.6) is 0 Å². The van der Waals surface area contributed by atoms with Gasteiger partial charge in [-0.1, -0.05) is 12.1 Å². The van der Waals surface area contributed by atoms with E-state index in [4.69, 9.17) is 5.26 Å². The first-order valence-corrected chi connectivity index (χ1v) is 8.36. The largest absolute Gasteiger partial charge is 0.326 e. The van der Waals surface area contributed by atoms with Crippen LogP contribution in [0.2, 0.25) is 0 Å². The summed E-state index contributed by atoms with van der Waals surface area (Å²) < 4.78 is 16.2. The molecule has 2 heterocycles. The van der Waals surface area contributed by atoms with Crippen molar-refractivity contribution < 1.29 is 9.18 Å². The van der Waals surface area contributed by atoms with Crippen molar-refractivity contribution in [3.05, 3.63) is 64.6 Å². The summed E-state index contributed by atoms with van der Waals surface area (Å²) in [5, 5.41) is 24.9. The molecule has 0 atom stereocenters. The van der Waals surface area contributed by atoms with Gasteiger partial charge in [-0.15, -0.1) is 5.10 Å². The van der Waals surface area contributed by atoms with Gasteiger partial charge in [0.05, 0.1) is 5.56 Å². The molecular weight excluding hydrogens is 361 g/mol. The second kappa shape index (κ2) is 7.72. The van der Waals surface area contributed by atoms with Gasteiger partial charge >= 0.3 is 0 Å². The summed E-state index contributed by atoms with van der Waals surface area (Å²) in [6.07, 6.45) is 1.29. The average Bonchev–Trinajstić information content (AvgIpc) is 3.21. The van der Waals surface area contributed by atoms with Crippen LogP contribution < -0.4 is 5.32 Å². The Morgan fingerprint density at radius 3 is 2.54 bits per heavy atom. The molecule has 0 aliphatic rings. The van der Waals surface area contributed by atoms with E-state index in [2.05, 4.69) is 21.5 Å². The van der Waals surface area contributed by atoms with Crippen molar-refractivity contribution in [2.24, 2.45) is 0 Å². The van der Waals surface area contributed by atoms with Crippen LogP contribution in [-0.2, 0) is 17.9 Å². The summed E-state index contributed by atoms with van der Waals surface area (Å²) in [5.74, 6) is -0.409. The van der Waals surface area contributed by atoms with Gasteiger partial charge in [0.1, 0.15) is 36.6 Å². The lowest BCUT2D eigenvalue weighted by Crippen LogP contribution is -2.22. The summed E-state index contributed by atoms with van der Waals surface area (Å²) in [7, 11) is 0. The quantitative estimate of drug-likeness (QED) is 0.733. The van der Waals surface area contributed by atoms with Gasteiger partial charge in [0, 0.05) is 12.2 Å². The number of nitrogens with one attached hydrogen (secondary N) is 1.